The lowest BCUT2D eigenvalue weighted by molar-refractivity contribution is 0.199. The molecule has 0 saturated heterocycles. The predicted octanol–water partition coefficient (Wildman–Crippen LogP) is 15.9. The van der Waals surface area contributed by atoms with Crippen molar-refractivity contribution in [3.63, 3.8) is 0 Å². The molecule has 0 amide bonds. The summed E-state index contributed by atoms with van der Waals surface area (Å²) < 4.78 is 0. The largest absolute Gasteiger partial charge is 0.400 e. The van der Waals surface area contributed by atoms with Crippen LogP contribution in [0.2, 0.25) is 0 Å². The monoisotopic (exact) mass is 881 g/mol. The van der Waals surface area contributed by atoms with E-state index >= 15 is 0 Å². The van der Waals surface area contributed by atoms with Gasteiger partial charge in [-0.1, -0.05) is 164 Å². The molecule has 3 heteroatoms. The first-order chi connectivity index (χ1) is 31.4. The second-order valence-electron chi connectivity index (χ2n) is 26.5. The molecule has 3 aliphatic carbocycles. The highest BCUT2D eigenvalue weighted by Crippen LogP contribution is 2.64. The lowest BCUT2D eigenvalue weighted by atomic mass is 9.41. The number of rotatable bonds is 2. The Balaban J connectivity index is 1.22. The van der Waals surface area contributed by atoms with Crippen LogP contribution in [0.4, 0.5) is 22.7 Å². The number of anilines is 4. The van der Waals surface area contributed by atoms with Crippen molar-refractivity contribution in [3.8, 4) is 33.4 Å². The Kier molecular flexibility index (Phi) is 8.65. The first kappa shape index (κ1) is 43.3. The highest BCUT2D eigenvalue weighted by molar-refractivity contribution is 6.93. The molecule has 0 radical (unpaired) electrons. The van der Waals surface area contributed by atoms with Crippen LogP contribution < -0.4 is 20.6 Å². The van der Waals surface area contributed by atoms with Gasteiger partial charge in [-0.3, -0.25) is 0 Å². The van der Waals surface area contributed by atoms with E-state index in [1.54, 1.807) is 16.7 Å². The maximum Gasteiger partial charge on any atom is 0.328 e. The van der Waals surface area contributed by atoms with Crippen LogP contribution in [0, 0.1) is 6.92 Å². The molecule has 0 spiro atoms. The fourth-order valence-corrected chi connectivity index (χ4v) is 14.5. The van der Waals surface area contributed by atoms with Crippen LogP contribution in [-0.2, 0) is 32.5 Å². The van der Waals surface area contributed by atoms with Crippen molar-refractivity contribution in [2.75, 3.05) is 9.71 Å². The van der Waals surface area contributed by atoms with Gasteiger partial charge in [0.05, 0.1) is 5.69 Å². The number of benzene rings is 6. The van der Waals surface area contributed by atoms with Crippen molar-refractivity contribution in [1.82, 2.24) is 0 Å². The summed E-state index contributed by atoms with van der Waals surface area (Å²) >= 11 is 0. The maximum atomic E-state index is 3.03. The van der Waals surface area contributed by atoms with Crippen molar-refractivity contribution in [2.45, 2.75) is 180 Å². The van der Waals surface area contributed by atoms with Crippen LogP contribution in [0.3, 0.4) is 0 Å². The van der Waals surface area contributed by atoms with E-state index in [-0.39, 0.29) is 44.9 Å². The van der Waals surface area contributed by atoms with Crippen molar-refractivity contribution in [1.29, 1.82) is 0 Å². The zero-order valence-electron chi connectivity index (χ0n) is 43.5. The third-order valence-electron chi connectivity index (χ3n) is 19.0. The normalized spacial score (nSPS) is 23.2. The maximum absolute atomic E-state index is 3.03. The molecule has 0 aromatic heterocycles. The van der Waals surface area contributed by atoms with E-state index in [9.17, 15) is 0 Å². The van der Waals surface area contributed by atoms with E-state index in [0.29, 0.717) is 0 Å². The molecular formula is C64H73BN2. The Hall–Kier alpha value is -5.02. The summed E-state index contributed by atoms with van der Waals surface area (Å²) in [6.07, 6.45) is 7.39. The van der Waals surface area contributed by atoms with Gasteiger partial charge in [-0.2, -0.15) is 0 Å². The second-order valence-corrected chi connectivity index (χ2v) is 26.5. The van der Waals surface area contributed by atoms with E-state index in [1.165, 1.54) is 133 Å². The molecule has 1 saturated carbocycles. The minimum Gasteiger partial charge on any atom is -0.400 e. The number of hydrogen-bond acceptors (Lipinski definition) is 2. The highest BCUT2D eigenvalue weighted by Gasteiger charge is 2.63. The summed E-state index contributed by atoms with van der Waals surface area (Å²) in [5, 5.41) is 0. The molecule has 342 valence electrons. The van der Waals surface area contributed by atoms with Crippen LogP contribution in [0.25, 0.3) is 33.4 Å². The molecule has 6 aliphatic rings. The van der Waals surface area contributed by atoms with E-state index < -0.39 is 0 Å². The molecule has 67 heavy (non-hydrogen) atoms. The van der Waals surface area contributed by atoms with Gasteiger partial charge < -0.3 is 9.71 Å². The van der Waals surface area contributed by atoms with Crippen molar-refractivity contribution in [3.05, 3.63) is 142 Å². The molecule has 12 rings (SSSR count). The number of fused-ring (bicyclic) bond motifs is 11. The summed E-state index contributed by atoms with van der Waals surface area (Å²) in [4.78, 5) is 5.77. The summed E-state index contributed by atoms with van der Waals surface area (Å²) in [6.45, 7) is 37.0. The predicted molar refractivity (Wildman–Crippen MR) is 289 cm³/mol. The van der Waals surface area contributed by atoms with Gasteiger partial charge in [0, 0.05) is 44.6 Å². The van der Waals surface area contributed by atoms with Crippen molar-refractivity contribution in [2.24, 2.45) is 0 Å². The Morgan fingerprint density at radius 2 is 1.12 bits per heavy atom. The summed E-state index contributed by atoms with van der Waals surface area (Å²) in [7, 11) is 0. The fraction of sp³-hybridized carbons (Fsp3) is 0.438. The lowest BCUT2D eigenvalue weighted by Gasteiger charge is -2.55. The van der Waals surface area contributed by atoms with Gasteiger partial charge in [0.1, 0.15) is 0 Å². The summed E-state index contributed by atoms with van der Waals surface area (Å²) in [5.74, 6) is 0. The molecule has 0 bridgehead atoms. The van der Waals surface area contributed by atoms with Gasteiger partial charge in [-0.15, -0.1) is 0 Å². The van der Waals surface area contributed by atoms with E-state index in [0.717, 1.165) is 0 Å². The molecule has 2 unspecified atom stereocenters. The smallest absolute Gasteiger partial charge is 0.328 e. The van der Waals surface area contributed by atoms with Crippen LogP contribution in [0.5, 0.6) is 0 Å². The minimum atomic E-state index is -0.162. The van der Waals surface area contributed by atoms with Crippen LogP contribution in [0.1, 0.15) is 180 Å². The van der Waals surface area contributed by atoms with Crippen LogP contribution >= 0.6 is 0 Å². The minimum absolute atomic E-state index is 0.00289. The summed E-state index contributed by atoms with van der Waals surface area (Å²) in [5.41, 5.74) is 28.5. The first-order valence-corrected chi connectivity index (χ1v) is 25.9. The van der Waals surface area contributed by atoms with Gasteiger partial charge in [0.25, 0.3) is 0 Å². The molecular weight excluding hydrogens is 808 g/mol. The first-order valence-electron chi connectivity index (χ1n) is 25.9. The Bertz CT molecular complexity index is 3130. The van der Waals surface area contributed by atoms with E-state index in [1.807, 2.05) is 0 Å². The highest BCUT2D eigenvalue weighted by atomic mass is 15.2. The van der Waals surface area contributed by atoms with Crippen molar-refractivity contribution < 1.29 is 0 Å². The zero-order chi connectivity index (χ0) is 47.3. The Morgan fingerprint density at radius 1 is 0.493 bits per heavy atom. The topological polar surface area (TPSA) is 6.48 Å². The fourth-order valence-electron chi connectivity index (χ4n) is 14.5. The van der Waals surface area contributed by atoms with Crippen LogP contribution in [-0.4, -0.2) is 12.4 Å². The quantitative estimate of drug-likeness (QED) is 0.160. The standard InChI is InChI=1S/C64H73BN2/c1-38-29-45-46-32-41(59(5,6)7)33-51-57(46)67(64(15)26-20-19-25-63(51,64)14)65-52-37-48-44(43-34-49-50(36-47(43)62(48,12)13)61(10,11)28-27-60(49,8)9)35-54(52)66(55(30-38)56(45)65)53-24-23-40(58(2,3)4)31-42(53)39-21-17-16-18-22-39/h16-18,21-24,29-37H,19-20,25-28H2,1-15H3. The molecule has 2 atom stereocenters. The van der Waals surface area contributed by atoms with E-state index in [4.69, 9.17) is 0 Å². The van der Waals surface area contributed by atoms with Gasteiger partial charge in [-0.05, 0) is 175 Å². The second kappa shape index (κ2) is 13.4. The van der Waals surface area contributed by atoms with Crippen LogP contribution in [0.15, 0.2) is 97.1 Å². The van der Waals surface area contributed by atoms with Gasteiger partial charge in [0.15, 0.2) is 0 Å². The average Bonchev–Trinajstić information content (AvgIpc) is 3.61. The van der Waals surface area contributed by atoms with Crippen molar-refractivity contribution >= 4 is 40.5 Å². The third-order valence-corrected chi connectivity index (χ3v) is 19.0. The molecule has 1 fully saturated rings. The Morgan fingerprint density at radius 3 is 1.81 bits per heavy atom. The molecule has 3 heterocycles. The molecule has 6 aromatic rings. The lowest BCUT2D eigenvalue weighted by Crippen LogP contribution is -2.70. The van der Waals surface area contributed by atoms with Gasteiger partial charge in [0.2, 0.25) is 0 Å². The number of hydrogen-bond donors (Lipinski definition) is 0. The summed E-state index contributed by atoms with van der Waals surface area (Å²) in [6, 6.07) is 39.7. The molecule has 0 N–H and O–H groups in total. The molecule has 3 aliphatic heterocycles. The Labute approximate surface area is 403 Å². The third kappa shape index (κ3) is 5.70. The van der Waals surface area contributed by atoms with Gasteiger partial charge >= 0.3 is 6.85 Å². The number of nitrogens with zero attached hydrogens (tertiary/aromatic N) is 2. The molecule has 2 nitrogen and oxygen atoms in total. The average molecular weight is 881 g/mol. The molecule has 6 aromatic carbocycles. The number of aryl methyl sites for hydroxylation is 1. The SMILES string of the molecule is Cc1cc2c3c(c1)N(c1ccc(C(C)(C)C)cc1-c1ccccc1)c1cc4c(cc1B3N1c3c-2cc(C(C)(C)C)cc3C2(C)CCCCC12C)C(C)(C)c1cc2c(cc1-4)C(C)(C)CCC2(C)C. The van der Waals surface area contributed by atoms with Gasteiger partial charge in [-0.25, -0.2) is 0 Å². The zero-order valence-corrected chi connectivity index (χ0v) is 43.5. The van der Waals surface area contributed by atoms with E-state index in [2.05, 4.69) is 211 Å².